The number of anilines is 3. The van der Waals surface area contributed by atoms with E-state index < -0.39 is 0 Å². The third kappa shape index (κ3) is 3.44. The van der Waals surface area contributed by atoms with Crippen LogP contribution in [0.1, 0.15) is 19.4 Å². The van der Waals surface area contributed by atoms with Crippen molar-refractivity contribution in [1.82, 2.24) is 0 Å². The van der Waals surface area contributed by atoms with Crippen molar-refractivity contribution in [3.63, 3.8) is 0 Å². The standard InChI is InChI=1S/C15H11N3.C2H6.Ir/c1-17-11-18(15-5-3-2-4-14(15)17)13-8-6-12(10-16)7-9-13;1-2;/h2-8,11H,1H3;1-2H3;/q-2;;. The van der Waals surface area contributed by atoms with Crippen LogP contribution in [0.4, 0.5) is 17.1 Å². The van der Waals surface area contributed by atoms with Gasteiger partial charge in [-0.25, -0.2) is 5.26 Å². The number of nitriles is 1. The molecule has 111 valence electrons. The molecule has 1 aliphatic rings. The molecule has 2 aromatic rings. The molecule has 0 atom stereocenters. The second-order valence-electron chi connectivity index (χ2n) is 4.16. The van der Waals surface area contributed by atoms with Gasteiger partial charge in [-0.15, -0.1) is 11.8 Å². The van der Waals surface area contributed by atoms with Crippen LogP contribution in [-0.2, 0) is 20.1 Å². The normalized spacial score (nSPS) is 11.7. The van der Waals surface area contributed by atoms with Crippen molar-refractivity contribution in [2.24, 2.45) is 0 Å². The van der Waals surface area contributed by atoms with Gasteiger partial charge in [-0.05, 0) is 19.2 Å². The SMILES string of the molecule is CC.CN1[CH-]N(c2[c-]cc(C#N)cc2)c2ccccc21.[Ir]. The summed E-state index contributed by atoms with van der Waals surface area (Å²) in [5.74, 6) is 0. The van der Waals surface area contributed by atoms with Gasteiger partial charge in [0, 0.05) is 37.5 Å². The Labute approximate surface area is 140 Å². The molecule has 0 fully saturated rings. The van der Waals surface area contributed by atoms with Gasteiger partial charge in [0.1, 0.15) is 0 Å². The van der Waals surface area contributed by atoms with Crippen LogP contribution in [0.25, 0.3) is 0 Å². The first-order valence-electron chi connectivity index (χ1n) is 6.67. The number of hydrogen-bond donors (Lipinski definition) is 0. The summed E-state index contributed by atoms with van der Waals surface area (Å²) in [6.45, 7) is 6.02. The van der Waals surface area contributed by atoms with Gasteiger partial charge in [-0.1, -0.05) is 31.5 Å². The van der Waals surface area contributed by atoms with E-state index in [1.807, 2.05) is 45.8 Å². The van der Waals surface area contributed by atoms with Crippen LogP contribution in [0.5, 0.6) is 0 Å². The first-order chi connectivity index (χ1) is 9.79. The molecule has 0 bridgehead atoms. The van der Waals surface area contributed by atoms with E-state index in [1.165, 1.54) is 0 Å². The zero-order chi connectivity index (χ0) is 14.5. The van der Waals surface area contributed by atoms with E-state index in [0.29, 0.717) is 5.56 Å². The molecule has 0 N–H and O–H groups in total. The summed E-state index contributed by atoms with van der Waals surface area (Å²) in [7, 11) is 2.02. The van der Waals surface area contributed by atoms with Crippen LogP contribution >= 0.6 is 0 Å². The van der Waals surface area contributed by atoms with Crippen molar-refractivity contribution in [2.45, 2.75) is 13.8 Å². The van der Waals surface area contributed by atoms with E-state index in [9.17, 15) is 0 Å². The molecule has 1 aliphatic heterocycles. The van der Waals surface area contributed by atoms with Crippen molar-refractivity contribution < 1.29 is 20.1 Å². The fraction of sp³-hybridized carbons (Fsp3) is 0.176. The first kappa shape index (κ1) is 17.2. The minimum Gasteiger partial charge on any atom is -0.504 e. The Bertz CT molecular complexity index is 617. The molecular weight excluding hydrogens is 438 g/mol. The third-order valence-electron chi connectivity index (χ3n) is 2.99. The molecule has 3 rings (SSSR count). The van der Waals surface area contributed by atoms with Crippen LogP contribution in [-0.4, -0.2) is 7.05 Å². The maximum absolute atomic E-state index is 8.79. The van der Waals surface area contributed by atoms with Crippen molar-refractivity contribution in [3.05, 3.63) is 60.8 Å². The van der Waals surface area contributed by atoms with Gasteiger partial charge >= 0.3 is 0 Å². The van der Waals surface area contributed by atoms with Crippen molar-refractivity contribution in [3.8, 4) is 6.07 Å². The van der Waals surface area contributed by atoms with Crippen LogP contribution in [0.15, 0.2) is 42.5 Å². The van der Waals surface area contributed by atoms with E-state index in [1.54, 1.807) is 12.1 Å². The largest absolute Gasteiger partial charge is 0.504 e. The number of nitrogens with zero attached hydrogens (tertiary/aromatic N) is 3. The van der Waals surface area contributed by atoms with Gasteiger partial charge < -0.3 is 9.80 Å². The van der Waals surface area contributed by atoms with E-state index >= 15 is 0 Å². The molecule has 0 unspecified atom stereocenters. The summed E-state index contributed by atoms with van der Waals surface area (Å²) in [4.78, 5) is 4.14. The second-order valence-corrected chi connectivity index (χ2v) is 4.16. The number of benzene rings is 2. The predicted octanol–water partition coefficient (Wildman–Crippen LogP) is 4.09. The van der Waals surface area contributed by atoms with E-state index in [4.69, 9.17) is 5.26 Å². The van der Waals surface area contributed by atoms with Gasteiger partial charge in [0.25, 0.3) is 0 Å². The first-order valence-corrected chi connectivity index (χ1v) is 6.67. The van der Waals surface area contributed by atoms with Crippen LogP contribution in [0, 0.1) is 24.1 Å². The fourth-order valence-corrected chi connectivity index (χ4v) is 2.09. The molecule has 0 amide bonds. The van der Waals surface area contributed by atoms with Gasteiger partial charge in [0.05, 0.1) is 0 Å². The number of fused-ring (bicyclic) bond motifs is 1. The summed E-state index contributed by atoms with van der Waals surface area (Å²) in [5.41, 5.74) is 3.85. The molecule has 0 spiro atoms. The molecule has 0 saturated carbocycles. The molecule has 0 aromatic heterocycles. The maximum Gasteiger partial charge on any atom is 0.0326 e. The van der Waals surface area contributed by atoms with Crippen LogP contribution < -0.4 is 9.80 Å². The quantitative estimate of drug-likeness (QED) is 0.607. The Morgan fingerprint density at radius 3 is 2.33 bits per heavy atom. The predicted molar refractivity (Wildman–Crippen MR) is 82.6 cm³/mol. The summed E-state index contributed by atoms with van der Waals surface area (Å²) in [5, 5.41) is 8.79. The van der Waals surface area contributed by atoms with Crippen molar-refractivity contribution in [1.29, 1.82) is 5.26 Å². The van der Waals surface area contributed by atoms with Crippen molar-refractivity contribution in [2.75, 3.05) is 16.8 Å². The number of para-hydroxylation sites is 2. The summed E-state index contributed by atoms with van der Waals surface area (Å²) >= 11 is 0. The van der Waals surface area contributed by atoms with Gasteiger partial charge in [-0.3, -0.25) is 0 Å². The monoisotopic (exact) mass is 456 g/mol. The average molecular weight is 456 g/mol. The molecule has 1 radical (unpaired) electrons. The van der Waals surface area contributed by atoms with E-state index in [0.717, 1.165) is 17.1 Å². The van der Waals surface area contributed by atoms with E-state index in [-0.39, 0.29) is 20.1 Å². The van der Waals surface area contributed by atoms with Gasteiger partial charge in [0.15, 0.2) is 0 Å². The Kier molecular flexibility index (Phi) is 6.42. The molecule has 1 heterocycles. The maximum atomic E-state index is 8.79. The molecule has 21 heavy (non-hydrogen) atoms. The number of rotatable bonds is 1. The molecule has 0 aliphatic carbocycles. The van der Waals surface area contributed by atoms with Crippen LogP contribution in [0.3, 0.4) is 0 Å². The van der Waals surface area contributed by atoms with Crippen molar-refractivity contribution >= 4 is 17.1 Å². The minimum atomic E-state index is 0. The summed E-state index contributed by atoms with van der Waals surface area (Å²) < 4.78 is 0. The zero-order valence-corrected chi connectivity index (χ0v) is 14.7. The topological polar surface area (TPSA) is 30.3 Å². The van der Waals surface area contributed by atoms with Gasteiger partial charge in [0.2, 0.25) is 0 Å². The summed E-state index contributed by atoms with van der Waals surface area (Å²) in [6.07, 6.45) is 0. The fourth-order valence-electron chi connectivity index (χ4n) is 2.09. The molecule has 4 heteroatoms. The number of hydrogen-bond acceptors (Lipinski definition) is 3. The van der Waals surface area contributed by atoms with E-state index in [2.05, 4.69) is 34.1 Å². The molecule has 3 nitrogen and oxygen atoms in total. The zero-order valence-electron chi connectivity index (χ0n) is 12.3. The molecular formula is C17H17IrN3-2. The van der Waals surface area contributed by atoms with Gasteiger partial charge in [-0.2, -0.15) is 24.9 Å². The summed E-state index contributed by atoms with van der Waals surface area (Å²) in [6, 6.07) is 18.9. The Balaban J connectivity index is 0.000000706. The van der Waals surface area contributed by atoms with Crippen LogP contribution in [0.2, 0.25) is 0 Å². The second kappa shape index (κ2) is 7.83. The average Bonchev–Trinajstić information content (AvgIpc) is 2.87. The molecule has 2 aromatic carbocycles. The Hall–Kier alpha value is -1.82. The minimum absolute atomic E-state index is 0. The molecule has 0 saturated heterocycles. The Morgan fingerprint density at radius 1 is 1.10 bits per heavy atom. The smallest absolute Gasteiger partial charge is 0.0326 e. The Morgan fingerprint density at radius 2 is 1.76 bits per heavy atom. The third-order valence-corrected chi connectivity index (χ3v) is 2.99.